The third-order valence-electron chi connectivity index (χ3n) is 5.37. The molecule has 12 heteroatoms. The number of ether oxygens (including phenoxy) is 3. The lowest BCUT2D eigenvalue weighted by molar-refractivity contribution is -0.309. The van der Waals surface area contributed by atoms with Crippen molar-refractivity contribution in [1.29, 1.82) is 0 Å². The van der Waals surface area contributed by atoms with Crippen molar-refractivity contribution in [3.05, 3.63) is 36.0 Å². The maximum Gasteiger partial charge on any atom is 0.378 e. The molecule has 0 aliphatic carbocycles. The first kappa shape index (κ1) is 21.5. The monoisotopic (exact) mass is 418 g/mol. The molecule has 2 unspecified atom stereocenters. The Hall–Kier alpha value is -2.19. The summed E-state index contributed by atoms with van der Waals surface area (Å²) in [6.07, 6.45) is -5.70. The van der Waals surface area contributed by atoms with E-state index in [4.69, 9.17) is 14.2 Å². The minimum Gasteiger partial charge on any atom is -0.505 e. The largest absolute Gasteiger partial charge is 0.505 e. The molecule has 0 aromatic carbocycles. The molecule has 3 aliphatic rings. The predicted molar refractivity (Wildman–Crippen MR) is 90.1 cm³/mol. The van der Waals surface area contributed by atoms with Crippen LogP contribution in [0.15, 0.2) is 36.0 Å². The van der Waals surface area contributed by atoms with E-state index in [9.17, 15) is 45.6 Å². The van der Waals surface area contributed by atoms with E-state index in [2.05, 4.69) is 0 Å². The van der Waals surface area contributed by atoms with Gasteiger partial charge in [0.25, 0.3) is 0 Å². The van der Waals surface area contributed by atoms with Crippen LogP contribution in [0.25, 0.3) is 0 Å². The summed E-state index contributed by atoms with van der Waals surface area (Å²) in [7, 11) is 0. The maximum atomic E-state index is 12.0. The zero-order valence-corrected chi connectivity index (χ0v) is 14.9. The lowest BCUT2D eigenvalue weighted by Crippen LogP contribution is -2.75. The second-order valence-corrected chi connectivity index (χ2v) is 6.92. The van der Waals surface area contributed by atoms with Gasteiger partial charge < -0.3 is 55.1 Å². The number of aliphatic hydroxyl groups is 8. The smallest absolute Gasteiger partial charge is 0.378 e. The van der Waals surface area contributed by atoms with Gasteiger partial charge in [-0.25, -0.2) is 4.79 Å². The summed E-state index contributed by atoms with van der Waals surface area (Å²) in [5.74, 6) is -4.14. The molecular formula is C17H22O12. The summed E-state index contributed by atoms with van der Waals surface area (Å²) in [6, 6.07) is 0. The molecule has 1 saturated heterocycles. The van der Waals surface area contributed by atoms with E-state index in [1.807, 2.05) is 0 Å². The normalized spacial score (nSPS) is 41.8. The van der Waals surface area contributed by atoms with Crippen LogP contribution in [0.4, 0.5) is 0 Å². The topological polar surface area (TPSA) is 207 Å². The third kappa shape index (κ3) is 2.92. The number of rotatable bonds is 5. The van der Waals surface area contributed by atoms with Gasteiger partial charge in [0.1, 0.15) is 30.5 Å². The van der Waals surface area contributed by atoms with E-state index in [-0.39, 0.29) is 0 Å². The van der Waals surface area contributed by atoms with Gasteiger partial charge in [-0.05, 0) is 12.2 Å². The lowest BCUT2D eigenvalue weighted by Gasteiger charge is -2.52. The number of aliphatic hydroxyl groups excluding tert-OH is 7. The molecular weight excluding hydrogens is 396 g/mol. The summed E-state index contributed by atoms with van der Waals surface area (Å²) in [6.45, 7) is -2.10. The zero-order chi connectivity index (χ0) is 21.6. The van der Waals surface area contributed by atoms with Gasteiger partial charge in [0.05, 0.1) is 19.5 Å². The Bertz CT molecular complexity index is 745. The van der Waals surface area contributed by atoms with Gasteiger partial charge in [0, 0.05) is 0 Å². The minimum absolute atomic E-state index is 0.859. The Morgan fingerprint density at radius 1 is 1.07 bits per heavy atom. The summed E-state index contributed by atoms with van der Waals surface area (Å²) >= 11 is 0. The van der Waals surface area contributed by atoms with E-state index in [1.165, 1.54) is 18.2 Å². The van der Waals surface area contributed by atoms with Crippen LogP contribution in [0.1, 0.15) is 0 Å². The van der Waals surface area contributed by atoms with Crippen LogP contribution in [-0.4, -0.2) is 108 Å². The quantitative estimate of drug-likeness (QED) is 0.206. The lowest BCUT2D eigenvalue weighted by atomic mass is 9.70. The SMILES string of the molecule is O=C1O[C@](C2O[C@H](CO)[C@@H](O)[C@H](O)[C@H]2O)([C@@](O)(CO)C2C=CC=CO2)C(O)=C1O. The van der Waals surface area contributed by atoms with Crippen molar-refractivity contribution in [3.63, 3.8) is 0 Å². The standard InChI is InChI=1S/C17H22O12/c18-5-7-9(20)10(21)11(22)14(28-7)17(13(24)12(23)15(25)29-17)16(26,6-19)8-3-1-2-4-27-8/h1-4,7-11,14,18-24,26H,5-6H2/t7-,8?,9-,10+,11-,14?,16-,17-/m1/s1. The van der Waals surface area contributed by atoms with Crippen LogP contribution in [0, 0.1) is 0 Å². The van der Waals surface area contributed by atoms with E-state index >= 15 is 0 Å². The summed E-state index contributed by atoms with van der Waals surface area (Å²) in [4.78, 5) is 12.0. The second kappa shape index (κ2) is 7.57. The first-order valence-electron chi connectivity index (χ1n) is 8.64. The molecule has 8 N–H and O–H groups in total. The van der Waals surface area contributed by atoms with E-state index in [1.54, 1.807) is 0 Å². The van der Waals surface area contributed by atoms with Crippen molar-refractivity contribution in [2.45, 2.75) is 47.8 Å². The maximum absolute atomic E-state index is 12.0. The highest BCUT2D eigenvalue weighted by atomic mass is 16.6. The molecule has 8 atom stereocenters. The average Bonchev–Trinajstić information content (AvgIpc) is 2.97. The van der Waals surface area contributed by atoms with Crippen molar-refractivity contribution in [2.24, 2.45) is 0 Å². The molecule has 12 nitrogen and oxygen atoms in total. The molecule has 29 heavy (non-hydrogen) atoms. The number of carbonyl (C=O) groups excluding carboxylic acids is 1. The Kier molecular flexibility index (Phi) is 5.62. The Labute approximate surface area is 163 Å². The number of esters is 1. The molecule has 0 aromatic rings. The van der Waals surface area contributed by atoms with Gasteiger partial charge in [-0.3, -0.25) is 0 Å². The van der Waals surface area contributed by atoms with Gasteiger partial charge in [-0.15, -0.1) is 0 Å². The number of allylic oxidation sites excluding steroid dienone is 2. The van der Waals surface area contributed by atoms with Gasteiger partial charge >= 0.3 is 5.97 Å². The Balaban J connectivity index is 2.19. The molecule has 0 saturated carbocycles. The highest BCUT2D eigenvalue weighted by Gasteiger charge is 2.73. The molecule has 0 aromatic heterocycles. The molecule has 0 radical (unpaired) electrons. The van der Waals surface area contributed by atoms with E-state index in [0.717, 1.165) is 6.26 Å². The molecule has 0 amide bonds. The highest BCUT2D eigenvalue weighted by Crippen LogP contribution is 2.48. The van der Waals surface area contributed by atoms with Crippen molar-refractivity contribution in [3.8, 4) is 0 Å². The minimum atomic E-state index is -2.88. The summed E-state index contributed by atoms with van der Waals surface area (Å²) in [5.41, 5.74) is -5.64. The molecule has 3 rings (SSSR count). The summed E-state index contributed by atoms with van der Waals surface area (Å²) in [5, 5.41) is 81.9. The fourth-order valence-corrected chi connectivity index (χ4v) is 3.76. The van der Waals surface area contributed by atoms with Crippen LogP contribution in [0.5, 0.6) is 0 Å². The zero-order valence-electron chi connectivity index (χ0n) is 14.9. The number of hydrogen-bond donors (Lipinski definition) is 8. The van der Waals surface area contributed by atoms with Crippen molar-refractivity contribution < 1.29 is 59.9 Å². The fourth-order valence-electron chi connectivity index (χ4n) is 3.76. The molecule has 3 heterocycles. The Morgan fingerprint density at radius 2 is 1.76 bits per heavy atom. The molecule has 162 valence electrons. The molecule has 0 spiro atoms. The Morgan fingerprint density at radius 3 is 2.24 bits per heavy atom. The molecule has 1 fully saturated rings. The molecule has 0 bridgehead atoms. The predicted octanol–water partition coefficient (Wildman–Crippen LogP) is -3.36. The average molecular weight is 418 g/mol. The van der Waals surface area contributed by atoms with Crippen LogP contribution < -0.4 is 0 Å². The van der Waals surface area contributed by atoms with Crippen LogP contribution in [-0.2, 0) is 19.0 Å². The third-order valence-corrected chi connectivity index (χ3v) is 5.37. The molecule has 3 aliphatic heterocycles. The van der Waals surface area contributed by atoms with Gasteiger partial charge in [0.15, 0.2) is 17.5 Å². The first-order valence-corrected chi connectivity index (χ1v) is 8.64. The van der Waals surface area contributed by atoms with E-state index < -0.39 is 78.5 Å². The first-order chi connectivity index (χ1) is 13.7. The fraction of sp³-hybridized carbons (Fsp3) is 0.588. The summed E-state index contributed by atoms with van der Waals surface area (Å²) < 4.78 is 15.6. The van der Waals surface area contributed by atoms with Gasteiger partial charge in [-0.1, -0.05) is 6.08 Å². The second-order valence-electron chi connectivity index (χ2n) is 6.92. The van der Waals surface area contributed by atoms with Crippen molar-refractivity contribution >= 4 is 5.97 Å². The van der Waals surface area contributed by atoms with E-state index in [0.29, 0.717) is 0 Å². The number of carbonyl (C=O) groups is 1. The highest BCUT2D eigenvalue weighted by molar-refractivity contribution is 5.90. The van der Waals surface area contributed by atoms with Crippen molar-refractivity contribution in [2.75, 3.05) is 13.2 Å². The van der Waals surface area contributed by atoms with Crippen molar-refractivity contribution in [1.82, 2.24) is 0 Å². The number of hydrogen-bond acceptors (Lipinski definition) is 12. The van der Waals surface area contributed by atoms with Gasteiger partial charge in [-0.2, -0.15) is 0 Å². The van der Waals surface area contributed by atoms with Crippen LogP contribution >= 0.6 is 0 Å². The van der Waals surface area contributed by atoms with Gasteiger partial charge in [0.2, 0.25) is 11.4 Å². The number of cyclic esters (lactones) is 1. The van der Waals surface area contributed by atoms with Crippen LogP contribution in [0.2, 0.25) is 0 Å². The van der Waals surface area contributed by atoms with Crippen LogP contribution in [0.3, 0.4) is 0 Å².